The molecule has 0 saturated heterocycles. The highest BCUT2D eigenvalue weighted by Crippen LogP contribution is 2.13. The van der Waals surface area contributed by atoms with Crippen LogP contribution in [0.15, 0.2) is 48.5 Å². The molecule has 2 aromatic rings. The standard InChI is InChI=1S/C23H30N4O4/c1-5-31-19-12-8-17(9-13-19)22(29)25-21(15(2)3)23(30)27-26-20(28)14-24-18-10-6-16(4)7-11-18/h6-13,15,21,24H,5,14H2,1-4H3,(H,25,29)(H,26,28)(H,27,30). The van der Waals surface area contributed by atoms with Crippen molar-refractivity contribution in [2.24, 2.45) is 5.92 Å². The third-order valence-electron chi connectivity index (χ3n) is 4.49. The molecular weight excluding hydrogens is 396 g/mol. The molecule has 1 unspecified atom stereocenters. The molecule has 8 heteroatoms. The Morgan fingerprint density at radius 3 is 2.16 bits per heavy atom. The molecule has 0 aromatic heterocycles. The number of amides is 3. The highest BCUT2D eigenvalue weighted by Gasteiger charge is 2.25. The van der Waals surface area contributed by atoms with Crippen molar-refractivity contribution in [1.29, 1.82) is 0 Å². The molecule has 0 fully saturated rings. The molecule has 0 aliphatic rings. The van der Waals surface area contributed by atoms with E-state index in [4.69, 9.17) is 4.74 Å². The lowest BCUT2D eigenvalue weighted by atomic mass is 10.0. The molecule has 8 nitrogen and oxygen atoms in total. The second-order valence-corrected chi connectivity index (χ2v) is 7.41. The largest absolute Gasteiger partial charge is 0.494 e. The smallest absolute Gasteiger partial charge is 0.261 e. The summed E-state index contributed by atoms with van der Waals surface area (Å²) in [6.07, 6.45) is 0. The fourth-order valence-corrected chi connectivity index (χ4v) is 2.74. The number of carbonyl (C=O) groups is 3. The van der Waals surface area contributed by atoms with E-state index in [1.54, 1.807) is 24.3 Å². The van der Waals surface area contributed by atoms with Crippen LogP contribution in [0.4, 0.5) is 5.69 Å². The van der Waals surface area contributed by atoms with Gasteiger partial charge in [-0.2, -0.15) is 0 Å². The van der Waals surface area contributed by atoms with Crippen LogP contribution in [0.1, 0.15) is 36.7 Å². The van der Waals surface area contributed by atoms with E-state index in [2.05, 4.69) is 21.5 Å². The Morgan fingerprint density at radius 2 is 1.58 bits per heavy atom. The minimum atomic E-state index is -0.815. The Kier molecular flexibility index (Phi) is 8.87. The zero-order valence-electron chi connectivity index (χ0n) is 18.3. The van der Waals surface area contributed by atoms with E-state index < -0.39 is 17.9 Å². The van der Waals surface area contributed by atoms with E-state index in [1.807, 2.05) is 52.0 Å². The van der Waals surface area contributed by atoms with Gasteiger partial charge in [0.2, 0.25) is 0 Å². The van der Waals surface area contributed by atoms with Crippen LogP contribution >= 0.6 is 0 Å². The molecule has 0 heterocycles. The summed E-state index contributed by atoms with van der Waals surface area (Å²) in [6.45, 7) is 8.00. The summed E-state index contributed by atoms with van der Waals surface area (Å²) in [7, 11) is 0. The maximum Gasteiger partial charge on any atom is 0.261 e. The third-order valence-corrected chi connectivity index (χ3v) is 4.49. The van der Waals surface area contributed by atoms with E-state index in [0.29, 0.717) is 17.9 Å². The number of aryl methyl sites for hydroxylation is 1. The lowest BCUT2D eigenvalue weighted by Crippen LogP contribution is -2.55. The summed E-state index contributed by atoms with van der Waals surface area (Å²) in [5, 5.41) is 5.68. The minimum Gasteiger partial charge on any atom is -0.494 e. The van der Waals surface area contributed by atoms with Gasteiger partial charge in [-0.15, -0.1) is 0 Å². The second kappa shape index (κ2) is 11.6. The van der Waals surface area contributed by atoms with Crippen LogP contribution in [0.2, 0.25) is 0 Å². The topological polar surface area (TPSA) is 109 Å². The average molecular weight is 427 g/mol. The van der Waals surface area contributed by atoms with Crippen LogP contribution in [0.3, 0.4) is 0 Å². The predicted octanol–water partition coefficient (Wildman–Crippen LogP) is 2.41. The first kappa shape index (κ1) is 23.7. The predicted molar refractivity (Wildman–Crippen MR) is 120 cm³/mol. The van der Waals surface area contributed by atoms with Crippen LogP contribution in [0, 0.1) is 12.8 Å². The van der Waals surface area contributed by atoms with Crippen molar-refractivity contribution in [2.75, 3.05) is 18.5 Å². The molecule has 166 valence electrons. The van der Waals surface area contributed by atoms with Crippen molar-refractivity contribution in [3.63, 3.8) is 0 Å². The maximum absolute atomic E-state index is 12.5. The summed E-state index contributed by atoms with van der Waals surface area (Å²) in [5.41, 5.74) is 7.07. The lowest BCUT2D eigenvalue weighted by Gasteiger charge is -2.22. The zero-order valence-corrected chi connectivity index (χ0v) is 18.3. The normalized spacial score (nSPS) is 11.4. The molecule has 0 bridgehead atoms. The fraction of sp³-hybridized carbons (Fsp3) is 0.348. The van der Waals surface area contributed by atoms with Crippen molar-refractivity contribution < 1.29 is 19.1 Å². The van der Waals surface area contributed by atoms with Crippen molar-refractivity contribution >= 4 is 23.4 Å². The molecule has 0 saturated carbocycles. The van der Waals surface area contributed by atoms with Gasteiger partial charge in [0.1, 0.15) is 11.8 Å². The molecule has 1 atom stereocenters. The molecule has 3 amide bonds. The van der Waals surface area contributed by atoms with E-state index in [1.165, 1.54) is 0 Å². The van der Waals surface area contributed by atoms with Crippen molar-refractivity contribution in [3.05, 3.63) is 59.7 Å². The first-order valence-electron chi connectivity index (χ1n) is 10.2. The van der Waals surface area contributed by atoms with Gasteiger partial charge in [0.25, 0.3) is 17.7 Å². The second-order valence-electron chi connectivity index (χ2n) is 7.41. The molecule has 0 aliphatic heterocycles. The lowest BCUT2D eigenvalue weighted by molar-refractivity contribution is -0.129. The van der Waals surface area contributed by atoms with Crippen molar-refractivity contribution in [1.82, 2.24) is 16.2 Å². The summed E-state index contributed by atoms with van der Waals surface area (Å²) < 4.78 is 5.36. The molecular formula is C23H30N4O4. The number of hydrogen-bond donors (Lipinski definition) is 4. The SMILES string of the molecule is CCOc1ccc(C(=O)NC(C(=O)NNC(=O)CNc2ccc(C)cc2)C(C)C)cc1. The number of nitrogens with one attached hydrogen (secondary N) is 4. The van der Waals surface area contributed by atoms with Crippen LogP contribution in [0.25, 0.3) is 0 Å². The van der Waals surface area contributed by atoms with Gasteiger partial charge >= 0.3 is 0 Å². The first-order chi connectivity index (χ1) is 14.8. The summed E-state index contributed by atoms with van der Waals surface area (Å²) >= 11 is 0. The van der Waals surface area contributed by atoms with Gasteiger partial charge in [-0.3, -0.25) is 25.2 Å². The van der Waals surface area contributed by atoms with Crippen LogP contribution < -0.4 is 26.2 Å². The number of benzene rings is 2. The number of hydrazine groups is 1. The average Bonchev–Trinajstić information content (AvgIpc) is 2.75. The Bertz CT molecular complexity index is 879. The summed E-state index contributed by atoms with van der Waals surface area (Å²) in [4.78, 5) is 37.1. The molecule has 0 aliphatic carbocycles. The third kappa shape index (κ3) is 7.65. The molecule has 4 N–H and O–H groups in total. The monoisotopic (exact) mass is 426 g/mol. The summed E-state index contributed by atoms with van der Waals surface area (Å²) in [6, 6.07) is 13.4. The van der Waals surface area contributed by atoms with E-state index in [9.17, 15) is 14.4 Å². The molecule has 0 radical (unpaired) electrons. The number of hydrogen-bond acceptors (Lipinski definition) is 5. The quantitative estimate of drug-likeness (QED) is 0.461. The zero-order chi connectivity index (χ0) is 22.8. The maximum atomic E-state index is 12.5. The van der Waals surface area contributed by atoms with E-state index >= 15 is 0 Å². The van der Waals surface area contributed by atoms with Crippen molar-refractivity contribution in [2.45, 2.75) is 33.7 Å². The van der Waals surface area contributed by atoms with Crippen molar-refractivity contribution in [3.8, 4) is 5.75 Å². The number of rotatable bonds is 9. The first-order valence-corrected chi connectivity index (χ1v) is 10.2. The fourth-order valence-electron chi connectivity index (χ4n) is 2.74. The molecule has 31 heavy (non-hydrogen) atoms. The highest BCUT2D eigenvalue weighted by molar-refractivity contribution is 5.98. The Morgan fingerprint density at radius 1 is 0.935 bits per heavy atom. The number of ether oxygens (including phenoxy) is 1. The minimum absolute atomic E-state index is 0.00573. The number of anilines is 1. The van der Waals surface area contributed by atoms with Gasteiger partial charge in [0.15, 0.2) is 0 Å². The van der Waals surface area contributed by atoms with E-state index in [0.717, 1.165) is 11.3 Å². The van der Waals surface area contributed by atoms with Gasteiger partial charge in [0, 0.05) is 11.3 Å². The Labute approximate surface area is 182 Å². The van der Waals surface area contributed by atoms with Gasteiger partial charge in [-0.1, -0.05) is 31.5 Å². The van der Waals surface area contributed by atoms with Gasteiger partial charge < -0.3 is 15.4 Å². The van der Waals surface area contributed by atoms with Gasteiger partial charge in [0.05, 0.1) is 13.2 Å². The summed E-state index contributed by atoms with van der Waals surface area (Å²) in [5.74, 6) is -0.815. The van der Waals surface area contributed by atoms with E-state index in [-0.39, 0.29) is 18.4 Å². The van der Waals surface area contributed by atoms with Crippen LogP contribution in [-0.2, 0) is 9.59 Å². The molecule has 2 rings (SSSR count). The van der Waals surface area contributed by atoms with Crippen LogP contribution in [0.5, 0.6) is 5.75 Å². The molecule has 0 spiro atoms. The Balaban J connectivity index is 1.85. The number of carbonyl (C=O) groups excluding carboxylic acids is 3. The molecule has 2 aromatic carbocycles. The van der Waals surface area contributed by atoms with Gasteiger partial charge in [-0.25, -0.2) is 0 Å². The Hall–Kier alpha value is -3.55. The van der Waals surface area contributed by atoms with Crippen LogP contribution in [-0.4, -0.2) is 36.9 Å². The van der Waals surface area contributed by atoms with Gasteiger partial charge in [-0.05, 0) is 56.2 Å². The highest BCUT2D eigenvalue weighted by atomic mass is 16.5.